The number of carbonyl (C=O) groups excluding carboxylic acids is 4. The fraction of sp³-hybridized carbons (Fsp3) is 0.583. The summed E-state index contributed by atoms with van der Waals surface area (Å²) in [4.78, 5) is 55.2. The van der Waals surface area contributed by atoms with E-state index in [4.69, 9.17) is 0 Å². The van der Waals surface area contributed by atoms with Crippen LogP contribution in [0.4, 0.5) is 10.1 Å². The lowest BCUT2D eigenvalue weighted by Crippen LogP contribution is -2.69. The Bertz CT molecular complexity index is 1080. The predicted molar refractivity (Wildman–Crippen MR) is 120 cm³/mol. The normalized spacial score (nSPS) is 29.9. The number of imide groups is 2. The Morgan fingerprint density at radius 1 is 0.941 bits per heavy atom. The van der Waals surface area contributed by atoms with Gasteiger partial charge >= 0.3 is 0 Å². The summed E-state index contributed by atoms with van der Waals surface area (Å²) in [5.41, 5.74) is 0.463. The molecule has 5 fully saturated rings. The molecule has 6 heterocycles. The second-order valence-electron chi connectivity index (χ2n) is 10.2. The van der Waals surface area contributed by atoms with Crippen LogP contribution in [0.2, 0.25) is 0 Å². The first kappa shape index (κ1) is 21.7. The van der Waals surface area contributed by atoms with Crippen molar-refractivity contribution in [1.29, 1.82) is 0 Å². The van der Waals surface area contributed by atoms with Crippen LogP contribution in [-0.2, 0) is 9.59 Å². The fourth-order valence-electron chi connectivity index (χ4n) is 6.35. The van der Waals surface area contributed by atoms with Crippen molar-refractivity contribution in [3.63, 3.8) is 0 Å². The van der Waals surface area contributed by atoms with Crippen LogP contribution in [0.3, 0.4) is 0 Å². The molecule has 6 aliphatic rings. The van der Waals surface area contributed by atoms with Gasteiger partial charge < -0.3 is 10.2 Å². The molecule has 0 aromatic heterocycles. The van der Waals surface area contributed by atoms with Crippen molar-refractivity contribution in [1.82, 2.24) is 20.4 Å². The maximum Gasteiger partial charge on any atom is 0.262 e. The first-order valence-electron chi connectivity index (χ1n) is 12.2. The van der Waals surface area contributed by atoms with Gasteiger partial charge in [0.25, 0.3) is 11.8 Å². The van der Waals surface area contributed by atoms with E-state index in [1.807, 2.05) is 0 Å². The van der Waals surface area contributed by atoms with Crippen LogP contribution in [0, 0.1) is 11.7 Å². The third-order valence-electron chi connectivity index (χ3n) is 8.03. The summed E-state index contributed by atoms with van der Waals surface area (Å²) in [5, 5.41) is 5.58. The maximum atomic E-state index is 15.2. The number of piperidine rings is 3. The number of carbonyl (C=O) groups is 4. The minimum absolute atomic E-state index is 0.0193. The molecular weight excluding hydrogens is 441 g/mol. The van der Waals surface area contributed by atoms with E-state index >= 15 is 4.39 Å². The molecule has 0 saturated carbocycles. The molecule has 1 aromatic rings. The Kier molecular flexibility index (Phi) is 5.18. The SMILES string of the molecule is O=C1CCC(N2C(=O)c3cc(F)c(N4C5CC4CN(CC4CCNCC4)C5)cc3C2=O)C(=O)N1. The van der Waals surface area contributed by atoms with Gasteiger partial charge in [0.15, 0.2) is 0 Å². The lowest BCUT2D eigenvalue weighted by atomic mass is 9.85. The van der Waals surface area contributed by atoms with Gasteiger partial charge in [0.05, 0.1) is 16.8 Å². The molecule has 6 aliphatic heterocycles. The summed E-state index contributed by atoms with van der Waals surface area (Å²) in [6, 6.07) is 1.94. The monoisotopic (exact) mass is 469 g/mol. The Balaban J connectivity index is 1.20. The van der Waals surface area contributed by atoms with E-state index in [9.17, 15) is 19.2 Å². The highest BCUT2D eigenvalue weighted by molar-refractivity contribution is 6.23. The number of nitrogens with one attached hydrogen (secondary N) is 2. The van der Waals surface area contributed by atoms with E-state index in [0.717, 1.165) is 50.1 Å². The number of nitrogens with zero attached hydrogens (tertiary/aromatic N) is 3. The van der Waals surface area contributed by atoms with Gasteiger partial charge in [0.1, 0.15) is 11.9 Å². The Morgan fingerprint density at radius 3 is 2.29 bits per heavy atom. The van der Waals surface area contributed by atoms with Crippen LogP contribution in [0.5, 0.6) is 0 Å². The molecule has 180 valence electrons. The Morgan fingerprint density at radius 2 is 1.62 bits per heavy atom. The zero-order valence-electron chi connectivity index (χ0n) is 18.9. The van der Waals surface area contributed by atoms with E-state index in [2.05, 4.69) is 20.4 Å². The fourth-order valence-corrected chi connectivity index (χ4v) is 6.35. The number of hydrogen-bond donors (Lipinski definition) is 2. The first-order chi connectivity index (χ1) is 16.4. The van der Waals surface area contributed by atoms with E-state index < -0.39 is 35.5 Å². The number of anilines is 1. The molecule has 10 heteroatoms. The molecule has 0 aliphatic carbocycles. The summed E-state index contributed by atoms with van der Waals surface area (Å²) >= 11 is 0. The molecule has 34 heavy (non-hydrogen) atoms. The van der Waals surface area contributed by atoms with Gasteiger partial charge in [0, 0.05) is 38.1 Å². The Hall–Kier alpha value is -2.85. The highest BCUT2D eigenvalue weighted by Crippen LogP contribution is 2.41. The van der Waals surface area contributed by atoms with Crippen molar-refractivity contribution in [2.24, 2.45) is 5.92 Å². The van der Waals surface area contributed by atoms with Crippen LogP contribution in [0.1, 0.15) is 52.8 Å². The van der Waals surface area contributed by atoms with Gasteiger partial charge in [-0.15, -0.1) is 0 Å². The summed E-state index contributed by atoms with van der Waals surface area (Å²) in [6.45, 7) is 4.95. The second-order valence-corrected chi connectivity index (χ2v) is 10.2. The van der Waals surface area contributed by atoms with Crippen LogP contribution < -0.4 is 15.5 Å². The van der Waals surface area contributed by atoms with Crippen molar-refractivity contribution < 1.29 is 23.6 Å². The van der Waals surface area contributed by atoms with Crippen molar-refractivity contribution >= 4 is 29.3 Å². The molecular formula is C24H28FN5O4. The number of benzene rings is 1. The molecule has 9 nitrogen and oxygen atoms in total. The standard InChI is InChI=1S/C24H28FN5O4/c25-18-8-16-17(24(34)30(23(16)33)19-1-2-21(31)27-22(19)32)9-20(18)29-14-7-15(29)12-28(11-14)10-13-3-5-26-6-4-13/h8-9,13-15,19,26H,1-7,10-12H2,(H,27,31,32). The summed E-state index contributed by atoms with van der Waals surface area (Å²) in [7, 11) is 0. The minimum Gasteiger partial charge on any atom is -0.360 e. The van der Waals surface area contributed by atoms with Crippen molar-refractivity contribution in [2.45, 2.75) is 50.2 Å². The van der Waals surface area contributed by atoms with Crippen molar-refractivity contribution in [3.05, 3.63) is 29.1 Å². The highest BCUT2D eigenvalue weighted by Gasteiger charge is 2.48. The minimum atomic E-state index is -1.05. The summed E-state index contributed by atoms with van der Waals surface area (Å²) in [6.07, 6.45) is 3.50. The lowest BCUT2D eigenvalue weighted by molar-refractivity contribution is -0.136. The number of hydrogen-bond acceptors (Lipinski definition) is 7. The number of piperazine rings is 1. The second kappa shape index (κ2) is 8.13. The van der Waals surface area contributed by atoms with Gasteiger partial charge in [-0.25, -0.2) is 4.39 Å². The van der Waals surface area contributed by atoms with Gasteiger partial charge in [-0.05, 0) is 56.8 Å². The molecule has 3 unspecified atom stereocenters. The molecule has 2 bridgehead atoms. The quantitative estimate of drug-likeness (QED) is 0.619. The van der Waals surface area contributed by atoms with Crippen molar-refractivity contribution in [3.8, 4) is 0 Å². The molecule has 3 atom stereocenters. The molecule has 5 saturated heterocycles. The van der Waals surface area contributed by atoms with Gasteiger partial charge in [-0.3, -0.25) is 34.3 Å². The predicted octanol–water partition coefficient (Wildman–Crippen LogP) is 0.489. The zero-order valence-corrected chi connectivity index (χ0v) is 18.9. The van der Waals surface area contributed by atoms with Gasteiger partial charge in [-0.1, -0.05) is 0 Å². The molecule has 1 aromatic carbocycles. The van der Waals surface area contributed by atoms with E-state index in [-0.39, 0.29) is 36.1 Å². The average Bonchev–Trinajstić information content (AvgIpc) is 3.04. The number of fused-ring (bicyclic) bond motifs is 3. The Labute approximate surface area is 196 Å². The van der Waals surface area contributed by atoms with E-state index in [0.29, 0.717) is 11.6 Å². The van der Waals surface area contributed by atoms with Crippen LogP contribution >= 0.6 is 0 Å². The first-order valence-corrected chi connectivity index (χ1v) is 12.2. The van der Waals surface area contributed by atoms with Gasteiger partial charge in [-0.2, -0.15) is 0 Å². The third kappa shape index (κ3) is 3.42. The summed E-state index contributed by atoms with van der Waals surface area (Å²) < 4.78 is 15.2. The maximum absolute atomic E-state index is 15.2. The van der Waals surface area contributed by atoms with E-state index in [1.165, 1.54) is 18.9 Å². The number of amides is 4. The molecule has 2 N–H and O–H groups in total. The number of rotatable bonds is 4. The summed E-state index contributed by atoms with van der Waals surface area (Å²) in [5.74, 6) is -2.20. The lowest BCUT2D eigenvalue weighted by Gasteiger charge is -2.58. The molecule has 7 rings (SSSR count). The average molecular weight is 470 g/mol. The van der Waals surface area contributed by atoms with Crippen LogP contribution in [-0.4, -0.2) is 84.3 Å². The smallest absolute Gasteiger partial charge is 0.262 e. The third-order valence-corrected chi connectivity index (χ3v) is 8.03. The molecule has 4 amide bonds. The van der Waals surface area contributed by atoms with Crippen LogP contribution in [0.25, 0.3) is 0 Å². The van der Waals surface area contributed by atoms with Gasteiger partial charge in [0.2, 0.25) is 11.8 Å². The van der Waals surface area contributed by atoms with E-state index in [1.54, 1.807) is 0 Å². The zero-order chi connectivity index (χ0) is 23.6. The topological polar surface area (TPSA) is 102 Å². The van der Waals surface area contributed by atoms with Crippen LogP contribution in [0.15, 0.2) is 12.1 Å². The highest BCUT2D eigenvalue weighted by atomic mass is 19.1. The molecule has 0 spiro atoms. The van der Waals surface area contributed by atoms with Crippen molar-refractivity contribution in [2.75, 3.05) is 37.6 Å². The molecule has 0 radical (unpaired) electrons. The number of halogens is 1. The largest absolute Gasteiger partial charge is 0.360 e.